The second-order valence-corrected chi connectivity index (χ2v) is 6.16. The van der Waals surface area contributed by atoms with Gasteiger partial charge in [-0.05, 0) is 13.8 Å². The number of rotatable bonds is 1. The van der Waals surface area contributed by atoms with Crippen LogP contribution in [0.4, 0.5) is 5.82 Å². The second-order valence-electron chi connectivity index (χ2n) is 5.72. The predicted molar refractivity (Wildman–Crippen MR) is 74.3 cm³/mol. The van der Waals surface area contributed by atoms with Crippen LogP contribution in [-0.4, -0.2) is 45.2 Å². The first-order valence-corrected chi connectivity index (χ1v) is 6.99. The molecule has 8 heteroatoms. The average molecular weight is 296 g/mol. The first kappa shape index (κ1) is 12.5. The van der Waals surface area contributed by atoms with Crippen LogP contribution < -0.4 is 11.1 Å². The molecule has 0 aliphatic carbocycles. The minimum atomic E-state index is -0.591. The van der Waals surface area contributed by atoms with E-state index in [1.165, 1.54) is 0 Å². The minimum absolute atomic E-state index is 0.0640. The van der Waals surface area contributed by atoms with Gasteiger partial charge < -0.3 is 25.3 Å². The molecule has 3 N–H and O–H groups in total. The number of nitrogens with zero attached hydrogens (tertiary/aromatic N) is 2. The number of nitrogens with one attached hydrogen (secondary N) is 1. The zero-order valence-electron chi connectivity index (χ0n) is 11.2. The van der Waals surface area contributed by atoms with Crippen LogP contribution in [0.2, 0.25) is 0 Å². The molecule has 3 aliphatic heterocycles. The molecule has 3 aliphatic rings. The quantitative estimate of drug-likeness (QED) is 0.724. The Morgan fingerprint density at radius 3 is 3.00 bits per heavy atom. The predicted octanol–water partition coefficient (Wildman–Crippen LogP) is 0.360. The molecular formula is C12H16N4O3S. The molecule has 2 fully saturated rings. The summed E-state index contributed by atoms with van der Waals surface area (Å²) in [6.45, 7) is 4.44. The lowest BCUT2D eigenvalue weighted by molar-refractivity contribution is -0.193. The monoisotopic (exact) mass is 296 g/mol. The van der Waals surface area contributed by atoms with Crippen molar-refractivity contribution in [2.45, 2.75) is 44.2 Å². The standard InChI is InChI=1S/C12H16N4O3S/c1-12(2)18-7-5-3-14-10-6(9(13)20)15-4-16(10)11(17-5)8(7)19-12/h4-5,7-8,11,14H,3H2,1-2H3,(H2,13,20)/t5-,7+,8+,11-/m0/s1. The highest BCUT2D eigenvalue weighted by Crippen LogP contribution is 2.45. The van der Waals surface area contributed by atoms with E-state index < -0.39 is 5.79 Å². The van der Waals surface area contributed by atoms with Crippen molar-refractivity contribution in [3.8, 4) is 0 Å². The van der Waals surface area contributed by atoms with E-state index in [4.69, 9.17) is 32.2 Å². The Hall–Kier alpha value is -1.22. The van der Waals surface area contributed by atoms with Crippen LogP contribution in [0, 0.1) is 0 Å². The SMILES string of the molecule is CC1(C)O[C@@H]2[C@H](O1)[C@@H]1CNc3c(C(N)=S)ncn3[C@H]2O1. The molecule has 1 aromatic heterocycles. The number of aromatic nitrogens is 2. The van der Waals surface area contributed by atoms with Crippen molar-refractivity contribution in [2.24, 2.45) is 5.73 Å². The van der Waals surface area contributed by atoms with E-state index in [2.05, 4.69) is 10.3 Å². The van der Waals surface area contributed by atoms with Crippen LogP contribution in [0.1, 0.15) is 25.8 Å². The normalized spacial score (nSPS) is 36.9. The summed E-state index contributed by atoms with van der Waals surface area (Å²) in [5.41, 5.74) is 6.29. The number of thiocarbonyl (C=S) groups is 1. The molecule has 1 aromatic rings. The zero-order valence-corrected chi connectivity index (χ0v) is 12.0. The van der Waals surface area contributed by atoms with Crippen molar-refractivity contribution >= 4 is 23.0 Å². The van der Waals surface area contributed by atoms with Crippen LogP contribution in [0.25, 0.3) is 0 Å². The van der Waals surface area contributed by atoms with E-state index in [9.17, 15) is 0 Å². The molecule has 7 nitrogen and oxygen atoms in total. The highest BCUT2D eigenvalue weighted by atomic mass is 32.1. The van der Waals surface area contributed by atoms with Crippen LogP contribution in [0.15, 0.2) is 6.33 Å². The van der Waals surface area contributed by atoms with Gasteiger partial charge in [-0.3, -0.25) is 4.57 Å². The summed E-state index contributed by atoms with van der Waals surface area (Å²) >= 11 is 5.03. The molecule has 0 saturated carbocycles. The van der Waals surface area contributed by atoms with Crippen molar-refractivity contribution in [3.05, 3.63) is 12.0 Å². The summed E-state index contributed by atoms with van der Waals surface area (Å²) in [5.74, 6) is 0.198. The average Bonchev–Trinajstić information content (AvgIpc) is 2.94. The molecule has 4 atom stereocenters. The fourth-order valence-electron chi connectivity index (χ4n) is 3.15. The number of hydrogen-bond acceptors (Lipinski definition) is 6. The van der Waals surface area contributed by atoms with E-state index in [1.54, 1.807) is 6.33 Å². The molecule has 0 amide bonds. The van der Waals surface area contributed by atoms with Gasteiger partial charge in [-0.15, -0.1) is 0 Å². The topological polar surface area (TPSA) is 83.6 Å². The van der Waals surface area contributed by atoms with E-state index in [1.807, 2.05) is 18.4 Å². The summed E-state index contributed by atoms with van der Waals surface area (Å²) < 4.78 is 19.8. The Balaban J connectivity index is 1.76. The van der Waals surface area contributed by atoms with Gasteiger partial charge in [-0.2, -0.15) is 0 Å². The van der Waals surface area contributed by atoms with Gasteiger partial charge in [0.25, 0.3) is 0 Å². The number of nitrogens with two attached hydrogens (primary N) is 1. The van der Waals surface area contributed by atoms with E-state index in [-0.39, 0.29) is 29.5 Å². The number of imidazole rings is 1. The van der Waals surface area contributed by atoms with Crippen molar-refractivity contribution in [3.63, 3.8) is 0 Å². The molecule has 0 unspecified atom stereocenters. The molecule has 2 bridgehead atoms. The first-order chi connectivity index (χ1) is 9.46. The lowest BCUT2D eigenvalue weighted by Crippen LogP contribution is -2.36. The van der Waals surface area contributed by atoms with Gasteiger partial charge in [0.1, 0.15) is 34.8 Å². The van der Waals surface area contributed by atoms with Gasteiger partial charge >= 0.3 is 0 Å². The Kier molecular flexibility index (Phi) is 2.45. The van der Waals surface area contributed by atoms with Crippen molar-refractivity contribution in [1.29, 1.82) is 0 Å². The maximum atomic E-state index is 6.03. The van der Waals surface area contributed by atoms with Crippen molar-refractivity contribution in [1.82, 2.24) is 9.55 Å². The Bertz CT molecular complexity index is 587. The van der Waals surface area contributed by atoms with Crippen LogP contribution in [0.5, 0.6) is 0 Å². The third kappa shape index (κ3) is 1.62. The molecule has 0 spiro atoms. The van der Waals surface area contributed by atoms with Gasteiger partial charge in [-0.25, -0.2) is 4.98 Å². The highest BCUT2D eigenvalue weighted by Gasteiger charge is 2.57. The lowest BCUT2D eigenvalue weighted by Gasteiger charge is -2.23. The maximum Gasteiger partial charge on any atom is 0.166 e. The molecule has 0 aromatic carbocycles. The summed E-state index contributed by atoms with van der Waals surface area (Å²) in [6, 6.07) is 0. The smallest absolute Gasteiger partial charge is 0.166 e. The fraction of sp³-hybridized carbons (Fsp3) is 0.667. The maximum absolute atomic E-state index is 6.03. The Morgan fingerprint density at radius 1 is 1.50 bits per heavy atom. The van der Waals surface area contributed by atoms with E-state index in [0.29, 0.717) is 12.2 Å². The van der Waals surface area contributed by atoms with Gasteiger partial charge in [-0.1, -0.05) is 12.2 Å². The summed E-state index contributed by atoms with van der Waals surface area (Å²) in [5, 5.41) is 3.30. The molecule has 2 saturated heterocycles. The summed E-state index contributed by atoms with van der Waals surface area (Å²) in [6.07, 6.45) is 1.12. The number of anilines is 1. The summed E-state index contributed by atoms with van der Waals surface area (Å²) in [7, 11) is 0. The van der Waals surface area contributed by atoms with Gasteiger partial charge in [0.05, 0.1) is 6.33 Å². The lowest BCUT2D eigenvalue weighted by atomic mass is 10.1. The molecular weight excluding hydrogens is 280 g/mol. The van der Waals surface area contributed by atoms with Crippen LogP contribution >= 0.6 is 12.2 Å². The van der Waals surface area contributed by atoms with E-state index >= 15 is 0 Å². The third-order valence-corrected chi connectivity index (χ3v) is 4.09. The first-order valence-electron chi connectivity index (χ1n) is 6.58. The van der Waals surface area contributed by atoms with E-state index in [0.717, 1.165) is 5.82 Å². The summed E-state index contributed by atoms with van der Waals surface area (Å²) in [4.78, 5) is 4.53. The van der Waals surface area contributed by atoms with Crippen molar-refractivity contribution < 1.29 is 14.2 Å². The number of hydrogen-bond donors (Lipinski definition) is 2. The second kappa shape index (κ2) is 3.91. The van der Waals surface area contributed by atoms with Gasteiger partial charge in [0.15, 0.2) is 12.0 Å². The van der Waals surface area contributed by atoms with Crippen LogP contribution in [0.3, 0.4) is 0 Å². The van der Waals surface area contributed by atoms with Gasteiger partial charge in [0, 0.05) is 6.54 Å². The number of ether oxygens (including phenoxy) is 3. The Morgan fingerprint density at radius 2 is 2.25 bits per heavy atom. The number of fused-ring (bicyclic) bond motifs is 7. The zero-order chi connectivity index (χ0) is 14.1. The van der Waals surface area contributed by atoms with Crippen LogP contribution in [-0.2, 0) is 14.2 Å². The molecule has 0 radical (unpaired) electrons. The van der Waals surface area contributed by atoms with Crippen molar-refractivity contribution in [2.75, 3.05) is 11.9 Å². The molecule has 4 rings (SSSR count). The molecule has 108 valence electrons. The third-order valence-electron chi connectivity index (χ3n) is 3.90. The Labute approximate surface area is 121 Å². The largest absolute Gasteiger partial charge is 0.388 e. The molecule has 20 heavy (non-hydrogen) atoms. The van der Waals surface area contributed by atoms with Gasteiger partial charge in [0.2, 0.25) is 0 Å². The highest BCUT2D eigenvalue weighted by molar-refractivity contribution is 7.80. The molecule has 4 heterocycles. The minimum Gasteiger partial charge on any atom is -0.388 e. The fourth-order valence-corrected chi connectivity index (χ4v) is 3.30.